The van der Waals surface area contributed by atoms with E-state index >= 15 is 0 Å². The van der Waals surface area contributed by atoms with Crippen LogP contribution >= 0.6 is 0 Å². The first-order valence-electron chi connectivity index (χ1n) is 10.3. The van der Waals surface area contributed by atoms with E-state index in [0.717, 1.165) is 10.5 Å². The highest BCUT2D eigenvalue weighted by Crippen LogP contribution is 2.29. The van der Waals surface area contributed by atoms with Crippen molar-refractivity contribution < 1.29 is 28.3 Å². The highest BCUT2D eigenvalue weighted by molar-refractivity contribution is 6.19. The Morgan fingerprint density at radius 1 is 1.09 bits per heavy atom. The standard InChI is InChI=1S/C25H22N2O6/c1-15-21(24(30)27(25(31)22(15)14-26)11-4-12-32-17(3)29)13-20-9-10-23(33-20)19-7-5-18(6-8-19)16(2)28/h5-10,13H,4,11-12H2,1-3H3. The number of rotatable bonds is 7. The molecule has 0 radical (unpaired) electrons. The molecule has 2 amide bonds. The Morgan fingerprint density at radius 3 is 2.39 bits per heavy atom. The van der Waals surface area contributed by atoms with Gasteiger partial charge in [-0.1, -0.05) is 24.3 Å². The molecule has 2 aromatic rings. The molecule has 1 aliphatic rings. The van der Waals surface area contributed by atoms with Gasteiger partial charge in [0.2, 0.25) is 0 Å². The van der Waals surface area contributed by atoms with E-state index in [4.69, 9.17) is 9.15 Å². The van der Waals surface area contributed by atoms with E-state index in [2.05, 4.69) is 0 Å². The van der Waals surface area contributed by atoms with E-state index in [1.54, 1.807) is 43.3 Å². The van der Waals surface area contributed by atoms with Gasteiger partial charge in [0.1, 0.15) is 23.2 Å². The number of imide groups is 1. The minimum absolute atomic E-state index is 0.00660. The molecule has 33 heavy (non-hydrogen) atoms. The van der Waals surface area contributed by atoms with Crippen molar-refractivity contribution in [3.8, 4) is 17.4 Å². The van der Waals surface area contributed by atoms with E-state index in [0.29, 0.717) is 17.1 Å². The molecule has 8 heteroatoms. The lowest BCUT2D eigenvalue weighted by atomic mass is 9.94. The molecule has 168 valence electrons. The fraction of sp³-hybridized carbons (Fsp3) is 0.240. The van der Waals surface area contributed by atoms with Gasteiger partial charge in [0, 0.05) is 30.2 Å². The summed E-state index contributed by atoms with van der Waals surface area (Å²) in [5.74, 6) is -0.810. The molecule has 0 bridgehead atoms. The Morgan fingerprint density at radius 2 is 1.79 bits per heavy atom. The number of hydrogen-bond acceptors (Lipinski definition) is 7. The minimum Gasteiger partial charge on any atom is -0.466 e. The normalized spacial score (nSPS) is 15.1. The van der Waals surface area contributed by atoms with Crippen LogP contribution in [0.25, 0.3) is 17.4 Å². The molecule has 0 saturated heterocycles. The summed E-state index contributed by atoms with van der Waals surface area (Å²) in [5.41, 5.74) is 1.66. The van der Waals surface area contributed by atoms with Gasteiger partial charge < -0.3 is 9.15 Å². The van der Waals surface area contributed by atoms with Gasteiger partial charge in [-0.3, -0.25) is 24.1 Å². The second kappa shape index (κ2) is 9.92. The Hall–Kier alpha value is -4.25. The largest absolute Gasteiger partial charge is 0.466 e. The zero-order chi connectivity index (χ0) is 24.1. The highest BCUT2D eigenvalue weighted by atomic mass is 16.5. The Balaban J connectivity index is 1.88. The molecular weight excluding hydrogens is 424 g/mol. The van der Waals surface area contributed by atoms with Crippen molar-refractivity contribution in [3.05, 3.63) is 64.4 Å². The summed E-state index contributed by atoms with van der Waals surface area (Å²) < 4.78 is 10.7. The first kappa shape index (κ1) is 23.4. The van der Waals surface area contributed by atoms with E-state index in [9.17, 15) is 24.4 Å². The lowest BCUT2D eigenvalue weighted by Gasteiger charge is -2.27. The van der Waals surface area contributed by atoms with E-state index in [1.165, 1.54) is 19.9 Å². The van der Waals surface area contributed by atoms with Gasteiger partial charge in [0.15, 0.2) is 5.78 Å². The van der Waals surface area contributed by atoms with Gasteiger partial charge in [-0.2, -0.15) is 5.26 Å². The number of hydrogen-bond donors (Lipinski definition) is 0. The fourth-order valence-corrected chi connectivity index (χ4v) is 3.37. The van der Waals surface area contributed by atoms with Gasteiger partial charge in [-0.25, -0.2) is 0 Å². The zero-order valence-corrected chi connectivity index (χ0v) is 18.5. The Labute approximate surface area is 190 Å². The molecule has 0 spiro atoms. The van der Waals surface area contributed by atoms with Gasteiger partial charge in [-0.05, 0) is 44.1 Å². The molecule has 2 heterocycles. The molecule has 3 rings (SSSR count). The van der Waals surface area contributed by atoms with Crippen LogP contribution in [-0.4, -0.2) is 41.6 Å². The van der Waals surface area contributed by atoms with Crippen LogP contribution in [-0.2, 0) is 19.1 Å². The van der Waals surface area contributed by atoms with Crippen LogP contribution < -0.4 is 0 Å². The topological polar surface area (TPSA) is 118 Å². The van der Waals surface area contributed by atoms with E-state index in [1.807, 2.05) is 6.07 Å². The van der Waals surface area contributed by atoms with Gasteiger partial charge in [0.05, 0.1) is 6.61 Å². The second-order valence-corrected chi connectivity index (χ2v) is 7.46. The summed E-state index contributed by atoms with van der Waals surface area (Å²) in [5, 5.41) is 9.47. The molecule has 0 N–H and O–H groups in total. The number of esters is 1. The summed E-state index contributed by atoms with van der Waals surface area (Å²) >= 11 is 0. The van der Waals surface area contributed by atoms with Crippen molar-refractivity contribution in [3.63, 3.8) is 0 Å². The van der Waals surface area contributed by atoms with Crippen LogP contribution in [0.15, 0.2) is 57.5 Å². The summed E-state index contributed by atoms with van der Waals surface area (Å²) in [6, 6.07) is 12.2. The highest BCUT2D eigenvalue weighted by Gasteiger charge is 2.35. The molecule has 1 aliphatic heterocycles. The number of carbonyl (C=O) groups excluding carboxylic acids is 4. The molecule has 1 aromatic heterocycles. The lowest BCUT2D eigenvalue weighted by molar-refractivity contribution is -0.141. The number of amides is 2. The predicted octanol–water partition coefficient (Wildman–Crippen LogP) is 3.69. The maximum Gasteiger partial charge on any atom is 0.302 e. The minimum atomic E-state index is -0.675. The summed E-state index contributed by atoms with van der Waals surface area (Å²) in [6.07, 6.45) is 1.75. The Kier molecular flexibility index (Phi) is 7.04. The average molecular weight is 446 g/mol. The quantitative estimate of drug-likeness (QED) is 0.209. The second-order valence-electron chi connectivity index (χ2n) is 7.46. The molecule has 0 saturated carbocycles. The Bertz CT molecular complexity index is 1220. The third-order valence-corrected chi connectivity index (χ3v) is 5.15. The van der Waals surface area contributed by atoms with Crippen molar-refractivity contribution in [2.24, 2.45) is 0 Å². The number of carbonyl (C=O) groups is 4. The number of ketones is 1. The zero-order valence-electron chi connectivity index (χ0n) is 18.5. The molecule has 8 nitrogen and oxygen atoms in total. The van der Waals surface area contributed by atoms with Crippen LogP contribution in [0.1, 0.15) is 43.3 Å². The maximum absolute atomic E-state index is 13.0. The summed E-state index contributed by atoms with van der Waals surface area (Å²) in [4.78, 5) is 49.0. The van der Waals surface area contributed by atoms with Gasteiger partial charge >= 0.3 is 5.97 Å². The monoisotopic (exact) mass is 446 g/mol. The van der Waals surface area contributed by atoms with Crippen LogP contribution in [0.5, 0.6) is 0 Å². The summed E-state index contributed by atoms with van der Waals surface area (Å²) in [7, 11) is 0. The number of Topliss-reactive ketones (excluding diaryl/α,β-unsaturated/α-hetero) is 1. The van der Waals surface area contributed by atoms with Crippen LogP contribution in [0.3, 0.4) is 0 Å². The van der Waals surface area contributed by atoms with Crippen molar-refractivity contribution in [1.82, 2.24) is 4.90 Å². The van der Waals surface area contributed by atoms with Crippen LogP contribution in [0.2, 0.25) is 0 Å². The number of nitrogens with zero attached hydrogens (tertiary/aromatic N) is 2. The van der Waals surface area contributed by atoms with Gasteiger partial charge in [-0.15, -0.1) is 0 Å². The fourth-order valence-electron chi connectivity index (χ4n) is 3.37. The number of furan rings is 1. The molecule has 0 aliphatic carbocycles. The first-order valence-corrected chi connectivity index (χ1v) is 10.3. The molecule has 0 fully saturated rings. The van der Waals surface area contributed by atoms with Crippen LogP contribution in [0.4, 0.5) is 0 Å². The number of ether oxygens (including phenoxy) is 1. The maximum atomic E-state index is 13.0. The first-order chi connectivity index (χ1) is 15.7. The molecule has 1 aromatic carbocycles. The number of benzene rings is 1. The predicted molar refractivity (Wildman–Crippen MR) is 118 cm³/mol. The molecule has 0 unspecified atom stereocenters. The van der Waals surface area contributed by atoms with Crippen molar-refractivity contribution in [2.75, 3.05) is 13.2 Å². The van der Waals surface area contributed by atoms with Crippen LogP contribution in [0, 0.1) is 11.3 Å². The average Bonchev–Trinajstić information content (AvgIpc) is 3.25. The SMILES string of the molecule is CC(=O)OCCCN1C(=O)C(=Cc2ccc(-c3ccc(C(C)=O)cc3)o2)C(C)=C(C#N)C1=O. The third kappa shape index (κ3) is 5.15. The smallest absolute Gasteiger partial charge is 0.302 e. The van der Waals surface area contributed by atoms with Crippen molar-refractivity contribution >= 4 is 29.6 Å². The number of nitriles is 1. The molecule has 0 atom stereocenters. The summed E-state index contributed by atoms with van der Waals surface area (Å²) in [6.45, 7) is 4.36. The molecular formula is C25H22N2O6. The van der Waals surface area contributed by atoms with Crippen molar-refractivity contribution in [2.45, 2.75) is 27.2 Å². The third-order valence-electron chi connectivity index (χ3n) is 5.15. The van der Waals surface area contributed by atoms with E-state index < -0.39 is 17.8 Å². The van der Waals surface area contributed by atoms with Crippen molar-refractivity contribution in [1.29, 1.82) is 5.26 Å². The van der Waals surface area contributed by atoms with E-state index in [-0.39, 0.29) is 42.1 Å². The lowest BCUT2D eigenvalue weighted by Crippen LogP contribution is -2.43. The van der Waals surface area contributed by atoms with Gasteiger partial charge in [0.25, 0.3) is 11.8 Å².